The summed E-state index contributed by atoms with van der Waals surface area (Å²) in [5.74, 6) is 0. The highest BCUT2D eigenvalue weighted by atomic mass is 16.5. The molecule has 28 heavy (non-hydrogen) atoms. The van der Waals surface area contributed by atoms with E-state index in [2.05, 4.69) is 46.2 Å². The molecule has 0 aliphatic carbocycles. The van der Waals surface area contributed by atoms with E-state index in [9.17, 15) is 4.79 Å². The number of pyridine rings is 1. The van der Waals surface area contributed by atoms with Gasteiger partial charge in [0.15, 0.2) is 0 Å². The number of nitrogens with one attached hydrogen (secondary N) is 1. The van der Waals surface area contributed by atoms with Crippen LogP contribution in [0.15, 0.2) is 42.7 Å². The molecule has 2 aromatic heterocycles. The topological polar surface area (TPSA) is 106 Å². The molecule has 150 valence electrons. The highest BCUT2D eigenvalue weighted by Gasteiger charge is 2.50. The van der Waals surface area contributed by atoms with E-state index in [1.165, 1.54) is 0 Å². The van der Waals surface area contributed by atoms with Gasteiger partial charge < -0.3 is 15.8 Å². The molecule has 0 radical (unpaired) electrons. The van der Waals surface area contributed by atoms with Gasteiger partial charge in [0.1, 0.15) is 12.1 Å². The molecule has 0 aromatic carbocycles. The van der Waals surface area contributed by atoms with Gasteiger partial charge in [-0.2, -0.15) is 10.2 Å². The van der Waals surface area contributed by atoms with Crippen LogP contribution in [0.3, 0.4) is 0 Å². The van der Waals surface area contributed by atoms with E-state index < -0.39 is 11.6 Å². The van der Waals surface area contributed by atoms with Crippen molar-refractivity contribution >= 4 is 6.09 Å². The van der Waals surface area contributed by atoms with Crippen LogP contribution in [0.4, 0.5) is 4.79 Å². The Balaban J connectivity index is 2.16. The first-order valence-electron chi connectivity index (χ1n) is 9.45. The Bertz CT molecular complexity index is 739. The quantitative estimate of drug-likeness (QED) is 0.805. The highest BCUT2D eigenvalue weighted by Crippen LogP contribution is 2.40. The summed E-state index contributed by atoms with van der Waals surface area (Å²) in [4.78, 5) is 18.4. The van der Waals surface area contributed by atoms with Gasteiger partial charge in [0.05, 0.1) is 17.4 Å². The Hall–Kier alpha value is -2.58. The molecule has 1 saturated heterocycles. The van der Waals surface area contributed by atoms with Gasteiger partial charge >= 0.3 is 6.09 Å². The maximum absolute atomic E-state index is 11.3. The summed E-state index contributed by atoms with van der Waals surface area (Å²) in [6.45, 7) is 8.73. The van der Waals surface area contributed by atoms with Crippen LogP contribution < -0.4 is 11.1 Å². The third kappa shape index (κ3) is 3.98. The molecule has 0 bridgehead atoms. The molecular weight excluding hydrogens is 356 g/mol. The molecule has 3 rings (SSSR count). The molecule has 1 aliphatic heterocycles. The molecule has 1 aliphatic rings. The Morgan fingerprint density at radius 3 is 2.68 bits per heavy atom. The van der Waals surface area contributed by atoms with Crippen molar-refractivity contribution in [3.8, 4) is 0 Å². The lowest BCUT2D eigenvalue weighted by Gasteiger charge is -2.52. The van der Waals surface area contributed by atoms with Crippen molar-refractivity contribution in [2.75, 3.05) is 26.2 Å². The van der Waals surface area contributed by atoms with Crippen LogP contribution in [0.25, 0.3) is 0 Å². The largest absolute Gasteiger partial charge is 0.448 e. The molecule has 1 fully saturated rings. The first-order chi connectivity index (χ1) is 13.4. The second-order valence-corrected chi connectivity index (χ2v) is 8.07. The van der Waals surface area contributed by atoms with Crippen molar-refractivity contribution in [2.24, 2.45) is 11.1 Å². The molecule has 1 amide bonds. The lowest BCUT2D eigenvalue weighted by molar-refractivity contribution is -0.0362. The number of rotatable bonds is 5. The number of primary amides is 1. The van der Waals surface area contributed by atoms with E-state index >= 15 is 0 Å². The summed E-state index contributed by atoms with van der Waals surface area (Å²) in [5.41, 5.74) is 6.12. The Labute approximate surface area is 165 Å². The maximum Gasteiger partial charge on any atom is 0.404 e. The molecular formula is C20H28N6O2. The number of amides is 1. The lowest BCUT2D eigenvalue weighted by atomic mass is 9.78. The second kappa shape index (κ2) is 8.20. The molecule has 3 heterocycles. The molecule has 8 nitrogen and oxygen atoms in total. The summed E-state index contributed by atoms with van der Waals surface area (Å²) in [6.07, 6.45) is 2.67. The van der Waals surface area contributed by atoms with Gasteiger partial charge in [-0.05, 0) is 29.7 Å². The molecule has 2 aromatic rings. The number of nitrogens with two attached hydrogens (primary N) is 1. The molecule has 2 atom stereocenters. The van der Waals surface area contributed by atoms with Crippen LogP contribution in [0.1, 0.15) is 32.2 Å². The van der Waals surface area contributed by atoms with Crippen molar-refractivity contribution in [1.82, 2.24) is 25.4 Å². The van der Waals surface area contributed by atoms with Gasteiger partial charge in [-0.25, -0.2) is 4.79 Å². The van der Waals surface area contributed by atoms with E-state index in [1.807, 2.05) is 30.3 Å². The van der Waals surface area contributed by atoms with Crippen molar-refractivity contribution < 1.29 is 9.53 Å². The zero-order valence-electron chi connectivity index (χ0n) is 16.6. The predicted octanol–water partition coefficient (Wildman–Crippen LogP) is 1.53. The van der Waals surface area contributed by atoms with E-state index in [0.717, 1.165) is 24.5 Å². The fourth-order valence-electron chi connectivity index (χ4n) is 3.89. The van der Waals surface area contributed by atoms with Gasteiger partial charge in [0.25, 0.3) is 0 Å². The number of ether oxygens (including phenoxy) is 1. The van der Waals surface area contributed by atoms with E-state index in [-0.39, 0.29) is 18.1 Å². The maximum atomic E-state index is 11.3. The van der Waals surface area contributed by atoms with Crippen LogP contribution in [0.5, 0.6) is 0 Å². The van der Waals surface area contributed by atoms with Crippen LogP contribution in [0, 0.1) is 5.41 Å². The summed E-state index contributed by atoms with van der Waals surface area (Å²) in [7, 11) is 0. The van der Waals surface area contributed by atoms with Gasteiger partial charge in [0.2, 0.25) is 0 Å². The third-order valence-corrected chi connectivity index (χ3v) is 5.24. The first kappa shape index (κ1) is 20.2. The van der Waals surface area contributed by atoms with Gasteiger partial charge in [-0.1, -0.05) is 26.8 Å². The number of hydrogen-bond donors (Lipinski definition) is 2. The van der Waals surface area contributed by atoms with E-state index in [1.54, 1.807) is 12.4 Å². The van der Waals surface area contributed by atoms with Crippen LogP contribution in [0.2, 0.25) is 0 Å². The monoisotopic (exact) mass is 384 g/mol. The van der Waals surface area contributed by atoms with E-state index in [4.69, 9.17) is 10.5 Å². The normalized spacial score (nSPS) is 21.8. The molecule has 0 saturated carbocycles. The van der Waals surface area contributed by atoms with E-state index in [0.29, 0.717) is 6.54 Å². The van der Waals surface area contributed by atoms with Crippen molar-refractivity contribution in [3.05, 3.63) is 54.1 Å². The van der Waals surface area contributed by atoms with Crippen molar-refractivity contribution in [1.29, 1.82) is 0 Å². The van der Waals surface area contributed by atoms with Crippen LogP contribution in [-0.4, -0.2) is 58.5 Å². The summed E-state index contributed by atoms with van der Waals surface area (Å²) >= 11 is 0. The predicted molar refractivity (Wildman–Crippen MR) is 105 cm³/mol. The molecule has 2 unspecified atom stereocenters. The zero-order valence-corrected chi connectivity index (χ0v) is 16.6. The Morgan fingerprint density at radius 1 is 1.29 bits per heavy atom. The summed E-state index contributed by atoms with van der Waals surface area (Å²) < 4.78 is 5.27. The fourth-order valence-corrected chi connectivity index (χ4v) is 3.89. The second-order valence-electron chi connectivity index (χ2n) is 8.07. The number of aromatic nitrogens is 3. The first-order valence-corrected chi connectivity index (χ1v) is 9.45. The molecule has 0 spiro atoms. The SMILES string of the molecule is CC(C)(C)C(COC(N)=O)N1CCNCC1(c1ccccn1)c1cccnn1. The van der Waals surface area contributed by atoms with Gasteiger partial charge in [0, 0.05) is 32.0 Å². The van der Waals surface area contributed by atoms with Crippen molar-refractivity contribution in [2.45, 2.75) is 32.4 Å². The number of hydrogen-bond acceptors (Lipinski definition) is 7. The number of carbonyl (C=O) groups excluding carboxylic acids is 1. The Kier molecular flexibility index (Phi) is 5.90. The minimum absolute atomic E-state index is 0.105. The minimum atomic E-state index is -0.771. The number of nitrogens with zero attached hydrogens (tertiary/aromatic N) is 4. The number of carbonyl (C=O) groups is 1. The smallest absolute Gasteiger partial charge is 0.404 e. The Morgan fingerprint density at radius 2 is 2.07 bits per heavy atom. The zero-order chi connectivity index (χ0) is 20.2. The average Bonchev–Trinajstić information content (AvgIpc) is 2.68. The fraction of sp³-hybridized carbons (Fsp3) is 0.500. The average molecular weight is 384 g/mol. The highest BCUT2D eigenvalue weighted by molar-refractivity contribution is 5.64. The standard InChI is InChI=1S/C20H28N6O2/c1-19(2,3)17(13-28-18(21)27)26-12-11-22-14-20(26,15-7-4-5-9-23-15)16-8-6-10-24-25-16/h4-10,17,22H,11-14H2,1-3H3,(H2,21,27). The minimum Gasteiger partial charge on any atom is -0.448 e. The number of piperazine rings is 1. The summed E-state index contributed by atoms with van der Waals surface area (Å²) in [6, 6.07) is 9.61. The lowest BCUT2D eigenvalue weighted by Crippen LogP contribution is -2.66. The molecule has 8 heteroatoms. The third-order valence-electron chi connectivity index (χ3n) is 5.24. The van der Waals surface area contributed by atoms with Gasteiger partial charge in [-0.15, -0.1) is 0 Å². The van der Waals surface area contributed by atoms with Crippen molar-refractivity contribution in [3.63, 3.8) is 0 Å². The summed E-state index contributed by atoms with van der Waals surface area (Å²) in [5, 5.41) is 12.1. The molecule has 3 N–H and O–H groups in total. The van der Waals surface area contributed by atoms with Crippen LogP contribution >= 0.6 is 0 Å². The van der Waals surface area contributed by atoms with Gasteiger partial charge in [-0.3, -0.25) is 9.88 Å². The van der Waals surface area contributed by atoms with Crippen LogP contribution in [-0.2, 0) is 10.3 Å².